The topological polar surface area (TPSA) is 21.3 Å². The Morgan fingerprint density at radius 3 is 2.63 bits per heavy atom. The second-order valence-electron chi connectivity index (χ2n) is 5.46. The van der Waals surface area contributed by atoms with Gasteiger partial charge in [-0.05, 0) is 49.4 Å². The molecule has 2 nitrogen and oxygen atoms in total. The summed E-state index contributed by atoms with van der Waals surface area (Å²) in [6, 6.07) is 5.41. The van der Waals surface area contributed by atoms with Gasteiger partial charge >= 0.3 is 0 Å². The van der Waals surface area contributed by atoms with E-state index in [9.17, 15) is 4.39 Å². The zero-order valence-corrected chi connectivity index (χ0v) is 11.9. The van der Waals surface area contributed by atoms with Crippen LogP contribution in [0.25, 0.3) is 0 Å². The highest BCUT2D eigenvalue weighted by Crippen LogP contribution is 2.36. The van der Waals surface area contributed by atoms with Crippen LogP contribution in [0.4, 0.5) is 4.39 Å². The zero-order chi connectivity index (χ0) is 13.7. The molecule has 0 bridgehead atoms. The van der Waals surface area contributed by atoms with Crippen molar-refractivity contribution in [3.8, 4) is 5.75 Å². The second-order valence-corrected chi connectivity index (χ2v) is 5.46. The van der Waals surface area contributed by atoms with Crippen molar-refractivity contribution in [3.63, 3.8) is 0 Å². The number of ether oxygens (including phenoxy) is 1. The molecule has 1 fully saturated rings. The number of nitrogens with one attached hydrogen (secondary N) is 1. The molecule has 0 heterocycles. The Bertz CT molecular complexity index is 402. The van der Waals surface area contributed by atoms with Crippen LogP contribution in [-0.4, -0.2) is 20.7 Å². The molecule has 0 aliphatic heterocycles. The third-order valence-corrected chi connectivity index (χ3v) is 4.25. The Labute approximate surface area is 115 Å². The minimum atomic E-state index is -0.253. The van der Waals surface area contributed by atoms with E-state index in [1.54, 1.807) is 12.1 Å². The third kappa shape index (κ3) is 3.47. The van der Waals surface area contributed by atoms with Gasteiger partial charge in [0.2, 0.25) is 0 Å². The summed E-state index contributed by atoms with van der Waals surface area (Å²) in [6.07, 6.45) is 6.49. The normalized spacial score (nSPS) is 18.3. The van der Waals surface area contributed by atoms with E-state index in [4.69, 9.17) is 4.74 Å². The summed E-state index contributed by atoms with van der Waals surface area (Å²) in [4.78, 5) is 0. The van der Waals surface area contributed by atoms with Crippen molar-refractivity contribution in [2.75, 3.05) is 20.7 Å². The monoisotopic (exact) mass is 265 g/mol. The van der Waals surface area contributed by atoms with Gasteiger partial charge in [0.05, 0.1) is 7.11 Å². The van der Waals surface area contributed by atoms with Crippen LogP contribution in [0.5, 0.6) is 5.75 Å². The van der Waals surface area contributed by atoms with Crippen molar-refractivity contribution in [3.05, 3.63) is 29.6 Å². The Balaban J connectivity index is 2.19. The van der Waals surface area contributed by atoms with Crippen molar-refractivity contribution in [1.29, 1.82) is 0 Å². The second kappa shape index (κ2) is 6.90. The molecule has 1 saturated carbocycles. The molecule has 3 heteroatoms. The minimum absolute atomic E-state index is 0.253. The molecule has 1 aromatic carbocycles. The molecular weight excluding hydrogens is 241 g/mol. The minimum Gasteiger partial charge on any atom is -0.494 e. The molecule has 1 unspecified atom stereocenters. The summed E-state index contributed by atoms with van der Waals surface area (Å²) < 4.78 is 18.9. The number of benzene rings is 1. The van der Waals surface area contributed by atoms with Gasteiger partial charge in [-0.3, -0.25) is 0 Å². The molecule has 106 valence electrons. The van der Waals surface area contributed by atoms with Gasteiger partial charge in [-0.2, -0.15) is 0 Å². The standard InChI is InChI=1S/C16H24FNO/c1-18-11-14(12-6-4-3-5-7-12)13-8-9-16(19-2)15(17)10-13/h8-10,12,14,18H,3-7,11H2,1-2H3. The van der Waals surface area contributed by atoms with Crippen molar-refractivity contribution < 1.29 is 9.13 Å². The highest BCUT2D eigenvalue weighted by Gasteiger charge is 2.25. The number of likely N-dealkylation sites (N-methyl/N-ethyl adjacent to an activating group) is 1. The Morgan fingerprint density at radius 1 is 1.32 bits per heavy atom. The first-order valence-corrected chi connectivity index (χ1v) is 7.24. The largest absolute Gasteiger partial charge is 0.494 e. The molecule has 0 aromatic heterocycles. The lowest BCUT2D eigenvalue weighted by Gasteiger charge is -2.30. The van der Waals surface area contributed by atoms with Crippen LogP contribution >= 0.6 is 0 Å². The van der Waals surface area contributed by atoms with E-state index in [-0.39, 0.29) is 5.82 Å². The maximum Gasteiger partial charge on any atom is 0.165 e. The Hall–Kier alpha value is -1.09. The summed E-state index contributed by atoms with van der Waals surface area (Å²) >= 11 is 0. The highest BCUT2D eigenvalue weighted by molar-refractivity contribution is 5.32. The first-order chi connectivity index (χ1) is 9.26. The maximum absolute atomic E-state index is 13.9. The van der Waals surface area contributed by atoms with Crippen molar-refractivity contribution in [2.24, 2.45) is 5.92 Å². The lowest BCUT2D eigenvalue weighted by Crippen LogP contribution is -2.26. The van der Waals surface area contributed by atoms with E-state index in [2.05, 4.69) is 5.32 Å². The molecule has 0 spiro atoms. The quantitative estimate of drug-likeness (QED) is 0.876. The fraction of sp³-hybridized carbons (Fsp3) is 0.625. The zero-order valence-electron chi connectivity index (χ0n) is 11.9. The van der Waals surface area contributed by atoms with Gasteiger partial charge in [-0.1, -0.05) is 25.3 Å². The average molecular weight is 265 g/mol. The van der Waals surface area contributed by atoms with Crippen LogP contribution in [0.1, 0.15) is 43.6 Å². The molecule has 1 aromatic rings. The van der Waals surface area contributed by atoms with Crippen molar-refractivity contribution in [1.82, 2.24) is 5.32 Å². The van der Waals surface area contributed by atoms with Crippen molar-refractivity contribution in [2.45, 2.75) is 38.0 Å². The molecule has 1 N–H and O–H groups in total. The summed E-state index contributed by atoms with van der Waals surface area (Å²) in [5, 5.41) is 3.26. The van der Waals surface area contributed by atoms with E-state index in [1.165, 1.54) is 39.2 Å². The molecule has 0 saturated heterocycles. The van der Waals surface area contributed by atoms with Crippen LogP contribution in [0.3, 0.4) is 0 Å². The third-order valence-electron chi connectivity index (χ3n) is 4.25. The lowest BCUT2D eigenvalue weighted by atomic mass is 9.76. The fourth-order valence-corrected chi connectivity index (χ4v) is 3.23. The Kier molecular flexibility index (Phi) is 5.20. The first-order valence-electron chi connectivity index (χ1n) is 7.24. The highest BCUT2D eigenvalue weighted by atomic mass is 19.1. The first kappa shape index (κ1) is 14.3. The number of hydrogen-bond donors (Lipinski definition) is 1. The molecule has 1 atom stereocenters. The van der Waals surface area contributed by atoms with Crippen LogP contribution in [0.15, 0.2) is 18.2 Å². The molecule has 1 aliphatic carbocycles. The number of hydrogen-bond acceptors (Lipinski definition) is 2. The van der Waals surface area contributed by atoms with Gasteiger partial charge in [0.15, 0.2) is 11.6 Å². The van der Waals surface area contributed by atoms with Gasteiger partial charge in [-0.25, -0.2) is 4.39 Å². The molecule has 0 radical (unpaired) electrons. The summed E-state index contributed by atoms with van der Waals surface area (Å²) in [7, 11) is 3.47. The van der Waals surface area contributed by atoms with Gasteiger partial charge in [0, 0.05) is 6.54 Å². The smallest absolute Gasteiger partial charge is 0.165 e. The van der Waals surface area contributed by atoms with Gasteiger partial charge in [-0.15, -0.1) is 0 Å². The number of rotatable bonds is 5. The SMILES string of the molecule is CNCC(c1ccc(OC)c(F)c1)C1CCCCC1. The predicted molar refractivity (Wildman–Crippen MR) is 76.2 cm³/mol. The van der Waals surface area contributed by atoms with E-state index in [1.807, 2.05) is 13.1 Å². The summed E-state index contributed by atoms with van der Waals surface area (Å²) in [5.74, 6) is 1.16. The van der Waals surface area contributed by atoms with Gasteiger partial charge < -0.3 is 10.1 Å². The van der Waals surface area contributed by atoms with Crippen LogP contribution < -0.4 is 10.1 Å². The number of methoxy groups -OCH3 is 1. The van der Waals surface area contributed by atoms with Crippen molar-refractivity contribution >= 4 is 0 Å². The molecule has 1 aliphatic rings. The van der Waals surface area contributed by atoms with Gasteiger partial charge in [0.25, 0.3) is 0 Å². The average Bonchev–Trinajstić information content (AvgIpc) is 2.45. The van der Waals surface area contributed by atoms with Gasteiger partial charge in [0.1, 0.15) is 0 Å². The fourth-order valence-electron chi connectivity index (χ4n) is 3.23. The molecular formula is C16H24FNO. The van der Waals surface area contributed by atoms with E-state index >= 15 is 0 Å². The van der Waals surface area contributed by atoms with E-state index in [0.29, 0.717) is 17.6 Å². The Morgan fingerprint density at radius 2 is 2.05 bits per heavy atom. The molecule has 2 rings (SSSR count). The van der Waals surface area contributed by atoms with Crippen LogP contribution in [0, 0.1) is 11.7 Å². The van der Waals surface area contributed by atoms with E-state index in [0.717, 1.165) is 12.1 Å². The predicted octanol–water partition coefficient (Wildman–Crippen LogP) is 3.72. The molecule has 0 amide bonds. The molecule has 19 heavy (non-hydrogen) atoms. The van der Waals surface area contributed by atoms with Crippen LogP contribution in [0.2, 0.25) is 0 Å². The maximum atomic E-state index is 13.9. The van der Waals surface area contributed by atoms with Crippen LogP contribution in [-0.2, 0) is 0 Å². The lowest BCUT2D eigenvalue weighted by molar-refractivity contribution is 0.299. The van der Waals surface area contributed by atoms with E-state index < -0.39 is 0 Å². The summed E-state index contributed by atoms with van der Waals surface area (Å²) in [5.41, 5.74) is 1.10. The summed E-state index contributed by atoms with van der Waals surface area (Å²) in [6.45, 7) is 0.913. The number of halogens is 1.